The Morgan fingerprint density at radius 2 is 1.85 bits per heavy atom. The summed E-state index contributed by atoms with van der Waals surface area (Å²) in [5, 5.41) is 0. The Balaban J connectivity index is 3.13. The molecule has 0 spiro atoms. The van der Waals surface area contributed by atoms with Gasteiger partial charge in [0.15, 0.2) is 0 Å². The molecule has 1 nitrogen and oxygen atoms in total. The predicted molar refractivity (Wildman–Crippen MR) is 56.5 cm³/mol. The van der Waals surface area contributed by atoms with Gasteiger partial charge in [0, 0.05) is 19.3 Å². The Labute approximate surface area is 81.9 Å². The second-order valence-electron chi connectivity index (χ2n) is 3.41. The van der Waals surface area contributed by atoms with Gasteiger partial charge >= 0.3 is 0 Å². The van der Waals surface area contributed by atoms with E-state index < -0.39 is 0 Å². The van der Waals surface area contributed by atoms with E-state index in [0.717, 1.165) is 12.8 Å². The van der Waals surface area contributed by atoms with E-state index in [0.29, 0.717) is 18.6 Å². The number of ketones is 1. The first-order valence-electron chi connectivity index (χ1n) is 5.26. The zero-order valence-electron chi connectivity index (χ0n) is 8.64. The highest BCUT2D eigenvalue weighted by atomic mass is 16.1. The first-order valence-corrected chi connectivity index (χ1v) is 5.26. The molecule has 0 aliphatic heterocycles. The van der Waals surface area contributed by atoms with Crippen LogP contribution in [0.4, 0.5) is 0 Å². The molecular formula is C12H20O. The van der Waals surface area contributed by atoms with Crippen LogP contribution >= 0.6 is 0 Å². The molecule has 0 aromatic carbocycles. The molecule has 0 aromatic rings. The molecule has 0 saturated carbocycles. The van der Waals surface area contributed by atoms with Crippen LogP contribution in [0, 0.1) is 12.3 Å². The van der Waals surface area contributed by atoms with Gasteiger partial charge in [0.05, 0.1) is 0 Å². The van der Waals surface area contributed by atoms with Gasteiger partial charge in [-0.05, 0) is 6.42 Å². The maximum atomic E-state index is 11.1. The van der Waals surface area contributed by atoms with Gasteiger partial charge in [0.2, 0.25) is 0 Å². The third-order valence-corrected chi connectivity index (χ3v) is 2.11. The molecule has 0 unspecified atom stereocenters. The number of unbranched alkanes of at least 4 members (excludes halogenated alkanes) is 4. The van der Waals surface area contributed by atoms with Crippen LogP contribution < -0.4 is 0 Å². The topological polar surface area (TPSA) is 17.1 Å². The van der Waals surface area contributed by atoms with Crippen LogP contribution in [-0.2, 0) is 4.79 Å². The van der Waals surface area contributed by atoms with Crippen LogP contribution in [0.2, 0.25) is 0 Å². The standard InChI is InChI=1S/C12H20O/c1-3-5-7-8-9-11-12(13)10-6-4-2/h2H,3,5-11H2,1H3. The summed E-state index contributed by atoms with van der Waals surface area (Å²) in [4.78, 5) is 11.1. The lowest BCUT2D eigenvalue weighted by Crippen LogP contribution is -1.96. The van der Waals surface area contributed by atoms with E-state index in [1.165, 1.54) is 25.7 Å². The van der Waals surface area contributed by atoms with Crippen LogP contribution in [0.1, 0.15) is 58.3 Å². The maximum absolute atomic E-state index is 11.1. The zero-order valence-corrected chi connectivity index (χ0v) is 8.64. The number of rotatable bonds is 8. The lowest BCUT2D eigenvalue weighted by Gasteiger charge is -1.98. The summed E-state index contributed by atoms with van der Waals surface area (Å²) in [5.41, 5.74) is 0. The third kappa shape index (κ3) is 9.14. The Morgan fingerprint density at radius 3 is 2.46 bits per heavy atom. The molecule has 0 bridgehead atoms. The number of carbonyl (C=O) groups excluding carboxylic acids is 1. The van der Waals surface area contributed by atoms with Crippen molar-refractivity contribution in [3.05, 3.63) is 0 Å². The number of hydrogen-bond donors (Lipinski definition) is 0. The van der Waals surface area contributed by atoms with Crippen molar-refractivity contribution in [1.82, 2.24) is 0 Å². The molecule has 0 aliphatic carbocycles. The normalized spacial score (nSPS) is 9.54. The van der Waals surface area contributed by atoms with Crippen molar-refractivity contribution < 1.29 is 4.79 Å². The van der Waals surface area contributed by atoms with Gasteiger partial charge in [-0.2, -0.15) is 0 Å². The highest BCUT2D eigenvalue weighted by molar-refractivity contribution is 5.78. The lowest BCUT2D eigenvalue weighted by atomic mass is 10.1. The number of carbonyl (C=O) groups is 1. The molecule has 0 atom stereocenters. The van der Waals surface area contributed by atoms with Gasteiger partial charge in [-0.1, -0.05) is 32.6 Å². The van der Waals surface area contributed by atoms with Crippen molar-refractivity contribution in [2.75, 3.05) is 0 Å². The molecule has 0 aromatic heterocycles. The Bertz CT molecular complexity index is 164. The SMILES string of the molecule is C#CCCC(=O)CCCCCCC. The molecule has 74 valence electrons. The van der Waals surface area contributed by atoms with Crippen molar-refractivity contribution in [2.24, 2.45) is 0 Å². The number of hydrogen-bond acceptors (Lipinski definition) is 1. The van der Waals surface area contributed by atoms with E-state index in [9.17, 15) is 4.79 Å². The van der Waals surface area contributed by atoms with E-state index in [2.05, 4.69) is 12.8 Å². The van der Waals surface area contributed by atoms with Crippen LogP contribution in [-0.4, -0.2) is 5.78 Å². The Morgan fingerprint density at radius 1 is 1.15 bits per heavy atom. The van der Waals surface area contributed by atoms with Crippen molar-refractivity contribution in [1.29, 1.82) is 0 Å². The van der Waals surface area contributed by atoms with E-state index in [1.54, 1.807) is 0 Å². The van der Waals surface area contributed by atoms with Gasteiger partial charge in [0.1, 0.15) is 5.78 Å². The van der Waals surface area contributed by atoms with Crippen LogP contribution in [0.3, 0.4) is 0 Å². The van der Waals surface area contributed by atoms with E-state index in [1.807, 2.05) is 0 Å². The predicted octanol–water partition coefficient (Wildman–Crippen LogP) is 3.33. The fourth-order valence-corrected chi connectivity index (χ4v) is 1.26. The fourth-order valence-electron chi connectivity index (χ4n) is 1.26. The van der Waals surface area contributed by atoms with E-state index in [-0.39, 0.29) is 0 Å². The quantitative estimate of drug-likeness (QED) is 0.413. The molecule has 1 heteroatoms. The Hall–Kier alpha value is -0.770. The minimum atomic E-state index is 0.328. The smallest absolute Gasteiger partial charge is 0.133 e. The first kappa shape index (κ1) is 12.2. The summed E-state index contributed by atoms with van der Waals surface area (Å²) in [6.45, 7) is 2.19. The van der Waals surface area contributed by atoms with Gasteiger partial charge in [0.25, 0.3) is 0 Å². The molecule has 0 amide bonds. The molecule has 0 radical (unpaired) electrons. The summed E-state index contributed by atoms with van der Waals surface area (Å²) in [6.07, 6.45) is 13.0. The van der Waals surface area contributed by atoms with E-state index >= 15 is 0 Å². The van der Waals surface area contributed by atoms with Gasteiger partial charge in [-0.3, -0.25) is 4.79 Å². The average molecular weight is 180 g/mol. The van der Waals surface area contributed by atoms with Crippen molar-refractivity contribution >= 4 is 5.78 Å². The molecule has 0 heterocycles. The van der Waals surface area contributed by atoms with Crippen LogP contribution in [0.15, 0.2) is 0 Å². The molecule has 0 aliphatic rings. The summed E-state index contributed by atoms with van der Waals surface area (Å²) < 4.78 is 0. The molecular weight excluding hydrogens is 160 g/mol. The lowest BCUT2D eigenvalue weighted by molar-refractivity contribution is -0.119. The molecule has 0 rings (SSSR count). The van der Waals surface area contributed by atoms with Crippen LogP contribution in [0.5, 0.6) is 0 Å². The molecule has 13 heavy (non-hydrogen) atoms. The maximum Gasteiger partial charge on any atom is 0.133 e. The van der Waals surface area contributed by atoms with Crippen molar-refractivity contribution in [2.45, 2.75) is 58.3 Å². The zero-order chi connectivity index (χ0) is 9.94. The van der Waals surface area contributed by atoms with Gasteiger partial charge < -0.3 is 0 Å². The first-order chi connectivity index (χ1) is 6.31. The minimum absolute atomic E-state index is 0.328. The molecule has 0 saturated heterocycles. The van der Waals surface area contributed by atoms with Crippen molar-refractivity contribution in [3.8, 4) is 12.3 Å². The molecule has 0 N–H and O–H groups in total. The molecule has 0 fully saturated rings. The summed E-state index contributed by atoms with van der Waals surface area (Å²) >= 11 is 0. The van der Waals surface area contributed by atoms with Gasteiger partial charge in [-0.15, -0.1) is 12.3 Å². The Kier molecular flexibility index (Phi) is 8.77. The number of Topliss-reactive ketones (excluding diaryl/α,β-unsaturated/α-hetero) is 1. The van der Waals surface area contributed by atoms with Crippen molar-refractivity contribution in [3.63, 3.8) is 0 Å². The van der Waals surface area contributed by atoms with Gasteiger partial charge in [-0.25, -0.2) is 0 Å². The second-order valence-corrected chi connectivity index (χ2v) is 3.41. The fraction of sp³-hybridized carbons (Fsp3) is 0.750. The highest BCUT2D eigenvalue weighted by Gasteiger charge is 1.99. The third-order valence-electron chi connectivity index (χ3n) is 2.11. The van der Waals surface area contributed by atoms with Crippen LogP contribution in [0.25, 0.3) is 0 Å². The summed E-state index contributed by atoms with van der Waals surface area (Å²) in [6, 6.07) is 0. The second kappa shape index (κ2) is 9.32. The number of terminal acetylenes is 1. The highest BCUT2D eigenvalue weighted by Crippen LogP contribution is 2.06. The largest absolute Gasteiger partial charge is 0.300 e. The average Bonchev–Trinajstić information content (AvgIpc) is 2.14. The monoisotopic (exact) mass is 180 g/mol. The minimum Gasteiger partial charge on any atom is -0.300 e. The summed E-state index contributed by atoms with van der Waals surface area (Å²) in [7, 11) is 0. The van der Waals surface area contributed by atoms with E-state index in [4.69, 9.17) is 6.42 Å². The summed E-state index contributed by atoms with van der Waals surface area (Å²) in [5.74, 6) is 2.82.